The standard InChI is InChI=1S/C16H26N2O2/c1-4-8-18(9-5-2)11-14(17-3)13-6-7-15-16(10-13)20-12-19-15/h6-7,10,14,17H,4-5,8-9,11-12H2,1-3H3. The van der Waals surface area contributed by atoms with Crippen molar-refractivity contribution >= 4 is 0 Å². The van der Waals surface area contributed by atoms with Crippen LogP contribution in [0.15, 0.2) is 18.2 Å². The first-order valence-corrected chi connectivity index (χ1v) is 7.57. The van der Waals surface area contributed by atoms with Crippen LogP contribution in [-0.2, 0) is 0 Å². The highest BCUT2D eigenvalue weighted by Gasteiger charge is 2.18. The Morgan fingerprint density at radius 2 is 1.85 bits per heavy atom. The van der Waals surface area contributed by atoms with Gasteiger partial charge in [0, 0.05) is 12.6 Å². The molecule has 0 spiro atoms. The lowest BCUT2D eigenvalue weighted by Gasteiger charge is -2.27. The molecule has 2 rings (SSSR count). The summed E-state index contributed by atoms with van der Waals surface area (Å²) in [7, 11) is 2.02. The largest absolute Gasteiger partial charge is 0.454 e. The molecule has 1 aromatic carbocycles. The van der Waals surface area contributed by atoms with Gasteiger partial charge in [0.15, 0.2) is 11.5 Å². The molecule has 4 nitrogen and oxygen atoms in total. The van der Waals surface area contributed by atoms with Crippen LogP contribution in [0.1, 0.15) is 38.3 Å². The van der Waals surface area contributed by atoms with Crippen molar-refractivity contribution in [1.82, 2.24) is 10.2 Å². The Hall–Kier alpha value is -1.26. The monoisotopic (exact) mass is 278 g/mol. The normalized spacial score (nSPS) is 14.8. The Bertz CT molecular complexity index is 417. The van der Waals surface area contributed by atoms with Crippen LogP contribution >= 0.6 is 0 Å². The minimum atomic E-state index is 0.322. The maximum atomic E-state index is 5.47. The number of hydrogen-bond donors (Lipinski definition) is 1. The Morgan fingerprint density at radius 1 is 1.15 bits per heavy atom. The molecule has 1 atom stereocenters. The molecule has 112 valence electrons. The van der Waals surface area contributed by atoms with E-state index in [-0.39, 0.29) is 0 Å². The first kappa shape index (κ1) is 15.1. The first-order chi connectivity index (χ1) is 9.78. The molecule has 0 saturated carbocycles. The highest BCUT2D eigenvalue weighted by molar-refractivity contribution is 5.45. The van der Waals surface area contributed by atoms with E-state index in [1.54, 1.807) is 0 Å². The molecule has 0 fully saturated rings. The van der Waals surface area contributed by atoms with E-state index in [0.717, 1.165) is 31.1 Å². The van der Waals surface area contributed by atoms with Crippen molar-refractivity contribution in [3.8, 4) is 11.5 Å². The number of hydrogen-bond acceptors (Lipinski definition) is 4. The first-order valence-electron chi connectivity index (χ1n) is 7.57. The lowest BCUT2D eigenvalue weighted by molar-refractivity contribution is 0.174. The molecule has 0 aliphatic carbocycles. The van der Waals surface area contributed by atoms with E-state index in [1.807, 2.05) is 13.1 Å². The van der Waals surface area contributed by atoms with Crippen molar-refractivity contribution in [2.75, 3.05) is 33.5 Å². The van der Waals surface area contributed by atoms with E-state index in [2.05, 4.69) is 36.2 Å². The second-order valence-electron chi connectivity index (χ2n) is 5.25. The van der Waals surface area contributed by atoms with Crippen LogP contribution < -0.4 is 14.8 Å². The van der Waals surface area contributed by atoms with Gasteiger partial charge >= 0.3 is 0 Å². The minimum Gasteiger partial charge on any atom is -0.454 e. The van der Waals surface area contributed by atoms with Crippen LogP contribution in [0, 0.1) is 0 Å². The maximum absolute atomic E-state index is 5.47. The number of nitrogens with zero attached hydrogens (tertiary/aromatic N) is 1. The fourth-order valence-corrected chi connectivity index (χ4v) is 2.68. The molecule has 0 aromatic heterocycles. The Kier molecular flexibility index (Phi) is 5.68. The Morgan fingerprint density at radius 3 is 2.50 bits per heavy atom. The van der Waals surface area contributed by atoms with Gasteiger partial charge in [0.05, 0.1) is 0 Å². The fraction of sp³-hybridized carbons (Fsp3) is 0.625. The summed E-state index contributed by atoms with van der Waals surface area (Å²) in [6.07, 6.45) is 2.38. The van der Waals surface area contributed by atoms with Crippen LogP contribution in [-0.4, -0.2) is 38.4 Å². The zero-order chi connectivity index (χ0) is 14.4. The van der Waals surface area contributed by atoms with Gasteiger partial charge in [0.1, 0.15) is 0 Å². The van der Waals surface area contributed by atoms with E-state index in [0.29, 0.717) is 12.8 Å². The molecule has 1 unspecified atom stereocenters. The van der Waals surface area contributed by atoms with E-state index in [4.69, 9.17) is 9.47 Å². The summed E-state index contributed by atoms with van der Waals surface area (Å²) in [5.41, 5.74) is 1.26. The molecule has 1 aliphatic rings. The number of likely N-dealkylation sites (N-methyl/N-ethyl adjacent to an activating group) is 1. The summed E-state index contributed by atoms with van der Waals surface area (Å²) in [4.78, 5) is 2.52. The molecular formula is C16H26N2O2. The summed E-state index contributed by atoms with van der Waals surface area (Å²) in [5.74, 6) is 1.71. The van der Waals surface area contributed by atoms with Crippen molar-refractivity contribution in [1.29, 1.82) is 0 Å². The van der Waals surface area contributed by atoms with E-state index >= 15 is 0 Å². The van der Waals surface area contributed by atoms with Crippen LogP contribution in [0.5, 0.6) is 11.5 Å². The average Bonchev–Trinajstić information content (AvgIpc) is 2.92. The van der Waals surface area contributed by atoms with Gasteiger partial charge in [-0.2, -0.15) is 0 Å². The predicted octanol–water partition coefficient (Wildman–Crippen LogP) is 2.80. The summed E-state index contributed by atoms with van der Waals surface area (Å²) >= 11 is 0. The number of nitrogens with one attached hydrogen (secondary N) is 1. The van der Waals surface area contributed by atoms with Gasteiger partial charge in [0.25, 0.3) is 0 Å². The van der Waals surface area contributed by atoms with E-state index < -0.39 is 0 Å². The van der Waals surface area contributed by atoms with Gasteiger partial charge in [0.2, 0.25) is 6.79 Å². The van der Waals surface area contributed by atoms with Gasteiger partial charge in [-0.15, -0.1) is 0 Å². The lowest BCUT2D eigenvalue weighted by atomic mass is 10.1. The molecule has 1 aromatic rings. The van der Waals surface area contributed by atoms with Gasteiger partial charge in [-0.25, -0.2) is 0 Å². The molecule has 1 N–H and O–H groups in total. The zero-order valence-corrected chi connectivity index (χ0v) is 12.8. The Balaban J connectivity index is 2.06. The van der Waals surface area contributed by atoms with Crippen molar-refractivity contribution in [3.05, 3.63) is 23.8 Å². The number of rotatable bonds is 8. The molecule has 20 heavy (non-hydrogen) atoms. The third-order valence-corrected chi connectivity index (χ3v) is 3.67. The molecule has 1 heterocycles. The molecular weight excluding hydrogens is 252 g/mol. The molecule has 0 bridgehead atoms. The molecule has 1 aliphatic heterocycles. The minimum absolute atomic E-state index is 0.322. The van der Waals surface area contributed by atoms with Crippen LogP contribution in [0.4, 0.5) is 0 Å². The number of benzene rings is 1. The highest BCUT2D eigenvalue weighted by atomic mass is 16.7. The van der Waals surface area contributed by atoms with Crippen molar-refractivity contribution in [2.24, 2.45) is 0 Å². The van der Waals surface area contributed by atoms with E-state index in [9.17, 15) is 0 Å². The SMILES string of the molecule is CCCN(CCC)CC(NC)c1ccc2c(c1)OCO2. The lowest BCUT2D eigenvalue weighted by Crippen LogP contribution is -2.35. The van der Waals surface area contributed by atoms with Crippen LogP contribution in [0.25, 0.3) is 0 Å². The topological polar surface area (TPSA) is 33.7 Å². The van der Waals surface area contributed by atoms with Gasteiger partial charge < -0.3 is 19.7 Å². The molecule has 4 heteroatoms. The van der Waals surface area contributed by atoms with Gasteiger partial charge in [-0.05, 0) is 50.7 Å². The van der Waals surface area contributed by atoms with Crippen molar-refractivity contribution in [2.45, 2.75) is 32.7 Å². The third kappa shape index (κ3) is 3.64. The second kappa shape index (κ2) is 7.50. The van der Waals surface area contributed by atoms with Gasteiger partial charge in [-0.1, -0.05) is 19.9 Å². The molecule has 0 radical (unpaired) electrons. The summed E-state index contributed by atoms with van der Waals surface area (Å²) in [5, 5.41) is 3.42. The van der Waals surface area contributed by atoms with Crippen LogP contribution in [0.2, 0.25) is 0 Å². The summed E-state index contributed by atoms with van der Waals surface area (Å²) < 4.78 is 10.8. The summed E-state index contributed by atoms with van der Waals surface area (Å²) in [6.45, 7) is 8.13. The number of ether oxygens (including phenoxy) is 2. The smallest absolute Gasteiger partial charge is 0.231 e. The number of fused-ring (bicyclic) bond motifs is 1. The highest BCUT2D eigenvalue weighted by Crippen LogP contribution is 2.34. The van der Waals surface area contributed by atoms with Gasteiger partial charge in [-0.3, -0.25) is 0 Å². The van der Waals surface area contributed by atoms with E-state index in [1.165, 1.54) is 18.4 Å². The Labute approximate surface area is 122 Å². The summed E-state index contributed by atoms with van der Waals surface area (Å²) in [6, 6.07) is 6.55. The zero-order valence-electron chi connectivity index (χ0n) is 12.8. The quantitative estimate of drug-likeness (QED) is 0.793. The van der Waals surface area contributed by atoms with Crippen molar-refractivity contribution in [3.63, 3.8) is 0 Å². The average molecular weight is 278 g/mol. The van der Waals surface area contributed by atoms with Crippen LogP contribution in [0.3, 0.4) is 0 Å². The van der Waals surface area contributed by atoms with Crippen molar-refractivity contribution < 1.29 is 9.47 Å². The third-order valence-electron chi connectivity index (χ3n) is 3.67. The predicted molar refractivity (Wildman–Crippen MR) is 81.4 cm³/mol. The second-order valence-corrected chi connectivity index (χ2v) is 5.25. The molecule has 0 saturated heterocycles. The fourth-order valence-electron chi connectivity index (χ4n) is 2.68. The molecule has 0 amide bonds. The maximum Gasteiger partial charge on any atom is 0.231 e.